The predicted molar refractivity (Wildman–Crippen MR) is 109 cm³/mol. The van der Waals surface area contributed by atoms with Crippen LogP contribution in [-0.4, -0.2) is 35.7 Å². The number of benzene rings is 2. The van der Waals surface area contributed by atoms with E-state index in [1.165, 1.54) is 31.2 Å². The molecule has 1 aliphatic rings. The molecule has 1 amide bonds. The maximum Gasteiger partial charge on any atom is 0.493 e. The second-order valence-corrected chi connectivity index (χ2v) is 8.39. The molecule has 2 aromatic carbocycles. The number of hydrogen-bond donors (Lipinski definition) is 2. The molecule has 3 rings (SSSR count). The minimum atomic E-state index is -4.43. The summed E-state index contributed by atoms with van der Waals surface area (Å²) >= 11 is 5.98. The van der Waals surface area contributed by atoms with Gasteiger partial charge in [0.05, 0.1) is 17.7 Å². The third-order valence-corrected chi connectivity index (χ3v) is 5.51. The quantitative estimate of drug-likeness (QED) is 0.497. The van der Waals surface area contributed by atoms with Crippen LogP contribution in [0.3, 0.4) is 0 Å². The summed E-state index contributed by atoms with van der Waals surface area (Å²) < 4.78 is 48.0. The molecule has 0 spiro atoms. The van der Waals surface area contributed by atoms with Gasteiger partial charge in [-0.1, -0.05) is 17.7 Å². The van der Waals surface area contributed by atoms with Crippen molar-refractivity contribution in [2.45, 2.75) is 29.5 Å². The van der Waals surface area contributed by atoms with Crippen molar-refractivity contribution in [2.75, 3.05) is 6.61 Å². The number of hydrogen-bond acceptors (Lipinski definition) is 6. The minimum Gasteiger partial charge on any atom is -0.488 e. The second-order valence-electron chi connectivity index (χ2n) is 6.87. The Morgan fingerprint density at radius 2 is 2.03 bits per heavy atom. The van der Waals surface area contributed by atoms with Crippen molar-refractivity contribution in [3.8, 4) is 11.8 Å². The normalized spacial score (nSPS) is 15.1. The molecule has 1 heterocycles. The molecule has 0 bridgehead atoms. The first-order valence-electron chi connectivity index (χ1n) is 8.85. The van der Waals surface area contributed by atoms with Gasteiger partial charge in [0.15, 0.2) is 5.54 Å². The molecule has 0 aromatic heterocycles. The van der Waals surface area contributed by atoms with Crippen LogP contribution in [0.2, 0.25) is 5.02 Å². The van der Waals surface area contributed by atoms with Crippen LogP contribution >= 0.6 is 23.4 Å². The fraction of sp³-hybridized carbons (Fsp3) is 0.263. The van der Waals surface area contributed by atoms with Gasteiger partial charge in [-0.2, -0.15) is 18.4 Å². The van der Waals surface area contributed by atoms with E-state index in [2.05, 4.69) is 5.32 Å². The van der Waals surface area contributed by atoms with Gasteiger partial charge in [0, 0.05) is 15.9 Å². The molecule has 0 saturated carbocycles. The fourth-order valence-electron chi connectivity index (χ4n) is 2.82. The highest BCUT2D eigenvalue weighted by Crippen LogP contribution is 2.36. The Labute approximate surface area is 185 Å². The Morgan fingerprint density at radius 1 is 1.35 bits per heavy atom. The summed E-state index contributed by atoms with van der Waals surface area (Å²) in [5.41, 5.74) is -4.70. The first kappa shape index (κ1) is 23.3. The van der Waals surface area contributed by atoms with Crippen LogP contribution < -0.4 is 15.5 Å². The molecule has 1 aliphatic heterocycles. The Balaban J connectivity index is 1.67. The van der Waals surface area contributed by atoms with Crippen LogP contribution in [0.4, 0.5) is 13.2 Å². The van der Waals surface area contributed by atoms with Gasteiger partial charge in [0.1, 0.15) is 12.4 Å². The molecule has 31 heavy (non-hydrogen) atoms. The van der Waals surface area contributed by atoms with Crippen LogP contribution in [-0.2, 0) is 11.3 Å². The van der Waals surface area contributed by atoms with Gasteiger partial charge < -0.3 is 19.7 Å². The number of carbonyl (C=O) groups excluding carboxylic acids is 1. The number of ether oxygens (including phenoxy) is 1. The lowest BCUT2D eigenvalue weighted by Gasteiger charge is -2.24. The van der Waals surface area contributed by atoms with Crippen molar-refractivity contribution in [1.82, 2.24) is 5.32 Å². The first-order valence-corrected chi connectivity index (χ1v) is 10.0. The van der Waals surface area contributed by atoms with Gasteiger partial charge in [-0.05, 0) is 54.6 Å². The topological polar surface area (TPSA) is 91.6 Å². The zero-order valence-corrected chi connectivity index (χ0v) is 17.6. The number of thioether (sulfide) groups is 1. The number of amides is 1. The average molecular weight is 471 g/mol. The molecule has 0 saturated heterocycles. The standard InChI is InChI=1S/C19H15BClF3N2O4S/c1-18(9-25,10-29-14-7-4-12-8-30-20(28)15(12)16(14)21)26-17(27)11-2-5-13(6-3-11)31-19(22,23)24/h2-7,28H,8,10H2,1H3,(H,26,27). The van der Waals surface area contributed by atoms with Gasteiger partial charge in [-0.3, -0.25) is 4.79 Å². The van der Waals surface area contributed by atoms with E-state index in [0.29, 0.717) is 11.0 Å². The number of nitriles is 1. The van der Waals surface area contributed by atoms with Crippen molar-refractivity contribution in [3.63, 3.8) is 0 Å². The van der Waals surface area contributed by atoms with Crippen molar-refractivity contribution in [1.29, 1.82) is 5.26 Å². The summed E-state index contributed by atoms with van der Waals surface area (Å²) in [4.78, 5) is 12.4. The highest BCUT2D eigenvalue weighted by Gasteiger charge is 2.33. The van der Waals surface area contributed by atoms with Crippen molar-refractivity contribution in [3.05, 3.63) is 52.5 Å². The number of nitrogens with zero attached hydrogens (tertiary/aromatic N) is 1. The van der Waals surface area contributed by atoms with E-state index in [1.807, 2.05) is 6.07 Å². The summed E-state index contributed by atoms with van der Waals surface area (Å²) in [5, 5.41) is 22.0. The van der Waals surface area contributed by atoms with Crippen molar-refractivity contribution < 1.29 is 32.4 Å². The lowest BCUT2D eigenvalue weighted by Crippen LogP contribution is -2.49. The molecule has 2 N–H and O–H groups in total. The molecule has 162 valence electrons. The molecular formula is C19H15BClF3N2O4S. The molecule has 0 aliphatic carbocycles. The molecule has 6 nitrogen and oxygen atoms in total. The van der Waals surface area contributed by atoms with Crippen molar-refractivity contribution >= 4 is 41.9 Å². The van der Waals surface area contributed by atoms with Crippen LogP contribution in [0.1, 0.15) is 22.8 Å². The van der Waals surface area contributed by atoms with Crippen LogP contribution in [0.5, 0.6) is 5.75 Å². The van der Waals surface area contributed by atoms with E-state index in [1.54, 1.807) is 12.1 Å². The Hall–Kier alpha value is -2.39. The van der Waals surface area contributed by atoms with E-state index < -0.39 is 24.1 Å². The van der Waals surface area contributed by atoms with Gasteiger partial charge in [-0.25, -0.2) is 0 Å². The number of carbonyl (C=O) groups is 1. The SMILES string of the molecule is CC(C#N)(COc1ccc2c(c1Cl)B(O)OC2)NC(=O)c1ccc(SC(F)(F)F)cc1. The number of rotatable bonds is 6. The largest absolute Gasteiger partial charge is 0.493 e. The zero-order valence-electron chi connectivity index (χ0n) is 16.0. The molecule has 1 unspecified atom stereocenters. The Bertz CT molecular complexity index is 1030. The van der Waals surface area contributed by atoms with E-state index in [4.69, 9.17) is 21.0 Å². The third-order valence-electron chi connectivity index (χ3n) is 4.38. The molecule has 2 aromatic rings. The smallest absolute Gasteiger partial charge is 0.488 e. The summed E-state index contributed by atoms with van der Waals surface area (Å²) in [6, 6.07) is 10.0. The summed E-state index contributed by atoms with van der Waals surface area (Å²) in [5.74, 6) is -0.450. The lowest BCUT2D eigenvalue weighted by molar-refractivity contribution is -0.0328. The van der Waals surface area contributed by atoms with Gasteiger partial charge in [-0.15, -0.1) is 0 Å². The van der Waals surface area contributed by atoms with Crippen LogP contribution in [0, 0.1) is 11.3 Å². The van der Waals surface area contributed by atoms with E-state index >= 15 is 0 Å². The molecule has 12 heteroatoms. The van der Waals surface area contributed by atoms with Gasteiger partial charge in [0.25, 0.3) is 5.91 Å². The fourth-order valence-corrected chi connectivity index (χ4v) is 3.69. The maximum absolute atomic E-state index is 12.5. The number of alkyl halides is 3. The second kappa shape index (κ2) is 9.00. The van der Waals surface area contributed by atoms with E-state index in [-0.39, 0.29) is 46.2 Å². The third kappa shape index (κ3) is 5.65. The van der Waals surface area contributed by atoms with Crippen LogP contribution in [0.15, 0.2) is 41.3 Å². The monoisotopic (exact) mass is 470 g/mol. The predicted octanol–water partition coefficient (Wildman–Crippen LogP) is 3.26. The van der Waals surface area contributed by atoms with Crippen molar-refractivity contribution in [2.24, 2.45) is 0 Å². The first-order chi connectivity index (χ1) is 14.5. The summed E-state index contributed by atoms with van der Waals surface area (Å²) in [6.07, 6.45) is 0. The molecule has 1 atom stereocenters. The Morgan fingerprint density at radius 3 is 2.65 bits per heavy atom. The van der Waals surface area contributed by atoms with E-state index in [9.17, 15) is 28.3 Å². The number of fused-ring (bicyclic) bond motifs is 1. The zero-order chi connectivity index (χ0) is 22.8. The van der Waals surface area contributed by atoms with Gasteiger partial charge in [0.2, 0.25) is 0 Å². The highest BCUT2D eigenvalue weighted by atomic mass is 35.5. The summed E-state index contributed by atoms with van der Waals surface area (Å²) in [7, 11) is -1.17. The lowest BCUT2D eigenvalue weighted by atomic mass is 9.79. The van der Waals surface area contributed by atoms with Gasteiger partial charge >= 0.3 is 12.6 Å². The highest BCUT2D eigenvalue weighted by molar-refractivity contribution is 8.00. The Kier molecular flexibility index (Phi) is 6.76. The van der Waals surface area contributed by atoms with Crippen LogP contribution in [0.25, 0.3) is 0 Å². The number of halogens is 4. The molecule has 0 radical (unpaired) electrons. The summed E-state index contributed by atoms with van der Waals surface area (Å²) in [6.45, 7) is 1.37. The molecule has 0 fully saturated rings. The maximum atomic E-state index is 12.5. The van der Waals surface area contributed by atoms with E-state index in [0.717, 1.165) is 0 Å². The molecular weight excluding hydrogens is 456 g/mol. The minimum absolute atomic E-state index is 0.0622. The average Bonchev–Trinajstić information content (AvgIpc) is 3.08. The number of nitrogens with one attached hydrogen (secondary N) is 1.